The smallest absolute Gasteiger partial charge is 0.258 e. The van der Waals surface area contributed by atoms with Gasteiger partial charge in [0, 0.05) is 13.1 Å². The van der Waals surface area contributed by atoms with E-state index in [-0.39, 0.29) is 29.6 Å². The quantitative estimate of drug-likeness (QED) is 0.826. The third kappa shape index (κ3) is 1.97. The average Bonchev–Trinajstić information content (AvgIpc) is 2.72. The fourth-order valence-corrected chi connectivity index (χ4v) is 2.41. The Hall–Kier alpha value is -2.56. The van der Waals surface area contributed by atoms with Crippen molar-refractivity contribution < 1.29 is 19.4 Å². The van der Waals surface area contributed by atoms with E-state index in [0.717, 1.165) is 0 Å². The number of carbonyl (C=O) groups is 1. The molecule has 0 radical (unpaired) electrons. The minimum Gasteiger partial charge on any atom is -0.504 e. The van der Waals surface area contributed by atoms with Crippen molar-refractivity contribution in [2.24, 2.45) is 0 Å². The van der Waals surface area contributed by atoms with Gasteiger partial charge in [-0.05, 0) is 29.3 Å². The summed E-state index contributed by atoms with van der Waals surface area (Å²) in [6.45, 7) is 0.587. The van der Waals surface area contributed by atoms with Crippen LogP contribution in [0.2, 0.25) is 0 Å². The van der Waals surface area contributed by atoms with Gasteiger partial charge in [0.15, 0.2) is 11.5 Å². The molecule has 3 rings (SSSR count). The highest BCUT2D eigenvalue weighted by Gasteiger charge is 2.31. The maximum absolute atomic E-state index is 13.1. The third-order valence-electron chi connectivity index (χ3n) is 3.37. The van der Waals surface area contributed by atoms with E-state index in [0.29, 0.717) is 17.7 Å². The van der Waals surface area contributed by atoms with Crippen molar-refractivity contribution in [3.63, 3.8) is 0 Å². The molecule has 0 fully saturated rings. The van der Waals surface area contributed by atoms with Gasteiger partial charge in [0.05, 0.1) is 5.56 Å². The van der Waals surface area contributed by atoms with Crippen molar-refractivity contribution in [3.05, 3.63) is 58.9 Å². The van der Waals surface area contributed by atoms with Crippen LogP contribution in [0.4, 0.5) is 4.39 Å². The molecule has 4 nitrogen and oxygen atoms in total. The third-order valence-corrected chi connectivity index (χ3v) is 3.37. The first-order chi connectivity index (χ1) is 9.56. The Balaban J connectivity index is 1.89. The predicted octanol–water partition coefficient (Wildman–Crippen LogP) is 2.39. The lowest BCUT2D eigenvalue weighted by Gasteiger charge is -2.15. The molecule has 1 aliphatic rings. The summed E-state index contributed by atoms with van der Waals surface area (Å²) in [7, 11) is 0. The fourth-order valence-electron chi connectivity index (χ4n) is 2.41. The number of halogens is 1. The first-order valence-electron chi connectivity index (χ1n) is 6.14. The highest BCUT2D eigenvalue weighted by Crippen LogP contribution is 2.37. The summed E-state index contributed by atoms with van der Waals surface area (Å²) in [6.07, 6.45) is 0. The molecular weight excluding hydrogens is 261 g/mol. The molecule has 0 spiro atoms. The molecule has 102 valence electrons. The van der Waals surface area contributed by atoms with Gasteiger partial charge in [-0.3, -0.25) is 4.79 Å². The van der Waals surface area contributed by atoms with Crippen LogP contribution in [0.25, 0.3) is 0 Å². The molecule has 20 heavy (non-hydrogen) atoms. The Kier molecular flexibility index (Phi) is 2.82. The van der Waals surface area contributed by atoms with E-state index in [2.05, 4.69) is 0 Å². The van der Waals surface area contributed by atoms with Crippen LogP contribution in [0, 0.1) is 5.82 Å². The molecule has 0 atom stereocenters. The number of amides is 1. The van der Waals surface area contributed by atoms with Gasteiger partial charge >= 0.3 is 0 Å². The van der Waals surface area contributed by atoms with Crippen molar-refractivity contribution >= 4 is 5.91 Å². The van der Waals surface area contributed by atoms with Gasteiger partial charge in [-0.2, -0.15) is 0 Å². The Morgan fingerprint density at radius 3 is 2.75 bits per heavy atom. The van der Waals surface area contributed by atoms with Gasteiger partial charge < -0.3 is 15.1 Å². The van der Waals surface area contributed by atoms with E-state index in [4.69, 9.17) is 0 Å². The first-order valence-corrected chi connectivity index (χ1v) is 6.14. The fraction of sp³-hybridized carbons (Fsp3) is 0.133. The van der Waals surface area contributed by atoms with Crippen LogP contribution in [0.1, 0.15) is 21.5 Å². The number of carbonyl (C=O) groups excluding carboxylic acids is 1. The van der Waals surface area contributed by atoms with Crippen molar-refractivity contribution in [2.75, 3.05) is 0 Å². The maximum Gasteiger partial charge on any atom is 0.258 e. The van der Waals surface area contributed by atoms with Gasteiger partial charge in [0.25, 0.3) is 5.91 Å². The molecule has 1 amide bonds. The molecule has 0 bridgehead atoms. The second-order valence-electron chi connectivity index (χ2n) is 4.76. The maximum atomic E-state index is 13.1. The number of phenolic OH excluding ortho intramolecular Hbond substituents is 2. The van der Waals surface area contributed by atoms with Crippen molar-refractivity contribution in [1.29, 1.82) is 0 Å². The van der Waals surface area contributed by atoms with E-state index in [1.165, 1.54) is 23.1 Å². The summed E-state index contributed by atoms with van der Waals surface area (Å²) in [4.78, 5) is 13.7. The zero-order chi connectivity index (χ0) is 14.3. The number of nitrogens with zero attached hydrogens (tertiary/aromatic N) is 1. The van der Waals surface area contributed by atoms with Crippen LogP contribution in [-0.2, 0) is 13.1 Å². The highest BCUT2D eigenvalue weighted by molar-refractivity contribution is 6.01. The van der Waals surface area contributed by atoms with Crippen molar-refractivity contribution in [2.45, 2.75) is 13.1 Å². The molecule has 5 heteroatoms. The molecule has 2 aromatic rings. The van der Waals surface area contributed by atoms with Crippen LogP contribution in [0.5, 0.6) is 11.5 Å². The van der Waals surface area contributed by atoms with Gasteiger partial charge in [-0.15, -0.1) is 0 Å². The SMILES string of the molecule is O=C1c2c(ccc(O)c2O)CN1Cc1cccc(F)c1. The Bertz CT molecular complexity index is 700. The van der Waals surface area contributed by atoms with Crippen molar-refractivity contribution in [1.82, 2.24) is 4.90 Å². The number of aromatic hydroxyl groups is 2. The zero-order valence-electron chi connectivity index (χ0n) is 10.5. The summed E-state index contributed by atoms with van der Waals surface area (Å²) in [5, 5.41) is 19.2. The lowest BCUT2D eigenvalue weighted by Crippen LogP contribution is -2.23. The summed E-state index contributed by atoms with van der Waals surface area (Å²) in [6, 6.07) is 8.99. The number of hydrogen-bond donors (Lipinski definition) is 2. The Labute approximate surface area is 114 Å². The number of phenols is 2. The topological polar surface area (TPSA) is 60.8 Å². The molecule has 2 aromatic carbocycles. The van der Waals surface area contributed by atoms with Crippen LogP contribution >= 0.6 is 0 Å². The van der Waals surface area contributed by atoms with Gasteiger partial charge in [0.2, 0.25) is 0 Å². The largest absolute Gasteiger partial charge is 0.504 e. The predicted molar refractivity (Wildman–Crippen MR) is 69.7 cm³/mol. The van der Waals surface area contributed by atoms with E-state index < -0.39 is 5.75 Å². The second-order valence-corrected chi connectivity index (χ2v) is 4.76. The molecule has 1 aliphatic heterocycles. The average molecular weight is 273 g/mol. The van der Waals surface area contributed by atoms with Crippen LogP contribution in [0.15, 0.2) is 36.4 Å². The Morgan fingerprint density at radius 1 is 1.20 bits per heavy atom. The molecular formula is C15H12FNO3. The number of hydrogen-bond acceptors (Lipinski definition) is 3. The van der Waals surface area contributed by atoms with E-state index in [1.807, 2.05) is 0 Å². The van der Waals surface area contributed by atoms with Crippen LogP contribution in [0.3, 0.4) is 0 Å². The number of benzene rings is 2. The van der Waals surface area contributed by atoms with Crippen molar-refractivity contribution in [3.8, 4) is 11.5 Å². The van der Waals surface area contributed by atoms with Gasteiger partial charge in [-0.1, -0.05) is 18.2 Å². The summed E-state index contributed by atoms with van der Waals surface area (Å²) in [5.74, 6) is -1.43. The molecule has 0 aliphatic carbocycles. The Morgan fingerprint density at radius 2 is 2.00 bits per heavy atom. The molecule has 1 heterocycles. The second kappa shape index (κ2) is 4.52. The lowest BCUT2D eigenvalue weighted by molar-refractivity contribution is 0.0764. The monoisotopic (exact) mass is 273 g/mol. The zero-order valence-corrected chi connectivity index (χ0v) is 10.5. The highest BCUT2D eigenvalue weighted by atomic mass is 19.1. The normalized spacial score (nSPS) is 13.7. The lowest BCUT2D eigenvalue weighted by atomic mass is 10.1. The molecule has 0 aromatic heterocycles. The summed E-state index contributed by atoms with van der Waals surface area (Å²) < 4.78 is 13.1. The van der Waals surface area contributed by atoms with Crippen LogP contribution < -0.4 is 0 Å². The molecule has 0 saturated heterocycles. The van der Waals surface area contributed by atoms with E-state index >= 15 is 0 Å². The standard InChI is InChI=1S/C15H12FNO3/c16-11-3-1-2-9(6-11)7-17-8-10-4-5-12(18)14(19)13(10)15(17)20/h1-6,18-19H,7-8H2. The molecule has 0 saturated carbocycles. The minimum absolute atomic E-state index is 0.126. The van der Waals surface area contributed by atoms with E-state index in [1.54, 1.807) is 18.2 Å². The van der Waals surface area contributed by atoms with Crippen LogP contribution in [-0.4, -0.2) is 21.0 Å². The van der Waals surface area contributed by atoms with Gasteiger partial charge in [-0.25, -0.2) is 4.39 Å². The molecule has 0 unspecified atom stereocenters. The number of rotatable bonds is 2. The summed E-state index contributed by atoms with van der Waals surface area (Å²) >= 11 is 0. The summed E-state index contributed by atoms with van der Waals surface area (Å²) in [5.41, 5.74) is 1.46. The first kappa shape index (κ1) is 12.5. The van der Waals surface area contributed by atoms with Gasteiger partial charge in [0.1, 0.15) is 5.82 Å². The van der Waals surface area contributed by atoms with E-state index in [9.17, 15) is 19.4 Å². The number of fused-ring (bicyclic) bond motifs is 1. The minimum atomic E-state index is -0.394. The molecule has 2 N–H and O–H groups in total.